The predicted molar refractivity (Wildman–Crippen MR) is 198 cm³/mol. The maximum atomic E-state index is 6.67. The maximum absolute atomic E-state index is 6.67. The lowest BCUT2D eigenvalue weighted by Gasteiger charge is -2.65. The molecule has 9 atom stereocenters. The number of allylic oxidation sites excluding steroid dienone is 4. The molecule has 5 rings (SSSR count). The number of rotatable bonds is 6. The molecule has 0 radical (unpaired) electrons. The van der Waals surface area contributed by atoms with Crippen molar-refractivity contribution in [2.75, 3.05) is 11.5 Å². The Hall–Kier alpha value is -1.90. The molecule has 4 aliphatic rings. The third-order valence-electron chi connectivity index (χ3n) is 13.4. The van der Waals surface area contributed by atoms with E-state index in [0.29, 0.717) is 28.1 Å². The number of benzene rings is 1. The highest BCUT2D eigenvalue weighted by molar-refractivity contribution is 5.60. The maximum Gasteiger partial charge on any atom is 0.142 e. The molecular formula is C42H72N2O. The van der Waals surface area contributed by atoms with E-state index in [1.54, 1.807) is 0 Å². The molecule has 1 aromatic rings. The topological polar surface area (TPSA) is 61.3 Å². The van der Waals surface area contributed by atoms with Crippen LogP contribution in [-0.4, -0.2) is 6.10 Å². The average Bonchev–Trinajstić information content (AvgIpc) is 3.34. The zero-order valence-electron chi connectivity index (χ0n) is 31.6. The minimum atomic E-state index is 0.129. The summed E-state index contributed by atoms with van der Waals surface area (Å²) in [5.41, 5.74) is 17.6. The van der Waals surface area contributed by atoms with Crippen molar-refractivity contribution in [1.29, 1.82) is 0 Å². The van der Waals surface area contributed by atoms with Gasteiger partial charge in [-0.05, 0) is 163 Å². The summed E-state index contributed by atoms with van der Waals surface area (Å²) in [6.45, 7) is 27.6. The van der Waals surface area contributed by atoms with Crippen molar-refractivity contribution < 1.29 is 4.74 Å². The first kappa shape index (κ1) is 37.6. The third-order valence-corrected chi connectivity index (χ3v) is 13.4. The van der Waals surface area contributed by atoms with Crippen molar-refractivity contribution in [3.63, 3.8) is 0 Å². The molecule has 9 unspecified atom stereocenters. The Labute approximate surface area is 279 Å². The van der Waals surface area contributed by atoms with Gasteiger partial charge < -0.3 is 16.2 Å². The van der Waals surface area contributed by atoms with Gasteiger partial charge in [-0.15, -0.1) is 0 Å². The molecule has 4 saturated carbocycles. The van der Waals surface area contributed by atoms with E-state index in [1.807, 2.05) is 39.0 Å². The molecule has 45 heavy (non-hydrogen) atoms. The Morgan fingerprint density at radius 3 is 2.09 bits per heavy atom. The summed E-state index contributed by atoms with van der Waals surface area (Å²) in [5.74, 6) is 5.99. The molecule has 1 aromatic carbocycles. The van der Waals surface area contributed by atoms with E-state index in [9.17, 15) is 0 Å². The van der Waals surface area contributed by atoms with Crippen LogP contribution in [0.4, 0.5) is 11.4 Å². The van der Waals surface area contributed by atoms with Gasteiger partial charge in [0.05, 0.1) is 5.69 Å². The van der Waals surface area contributed by atoms with Crippen molar-refractivity contribution in [1.82, 2.24) is 0 Å². The molecule has 3 nitrogen and oxygen atoms in total. The monoisotopic (exact) mass is 621 g/mol. The van der Waals surface area contributed by atoms with Crippen LogP contribution < -0.4 is 16.2 Å². The SMILES string of the molecule is CC.CC(C)=CCCC(C)C1CCC2C3CCC4C(C)(C)C(Oc5ccc(N)cc5N)CCC4(C)C3CCC12C.CC=C(C)C. The Kier molecular flexibility index (Phi) is 12.8. The molecule has 0 aliphatic heterocycles. The summed E-state index contributed by atoms with van der Waals surface area (Å²) >= 11 is 0. The molecule has 4 N–H and O–H groups in total. The number of ether oxygens (including phenoxy) is 1. The number of anilines is 2. The van der Waals surface area contributed by atoms with E-state index in [1.165, 1.54) is 68.9 Å². The van der Waals surface area contributed by atoms with Gasteiger partial charge >= 0.3 is 0 Å². The van der Waals surface area contributed by atoms with Crippen LogP contribution in [0.1, 0.15) is 147 Å². The number of nitrogen functional groups attached to an aromatic ring is 2. The minimum Gasteiger partial charge on any atom is -0.488 e. The number of hydrogen-bond donors (Lipinski definition) is 2. The fourth-order valence-electron chi connectivity index (χ4n) is 10.9. The summed E-state index contributed by atoms with van der Waals surface area (Å²) in [6.07, 6.45) is 18.4. The van der Waals surface area contributed by atoms with Crippen LogP contribution in [0.3, 0.4) is 0 Å². The van der Waals surface area contributed by atoms with Crippen LogP contribution >= 0.6 is 0 Å². The lowest BCUT2D eigenvalue weighted by Crippen LogP contribution is -2.60. The van der Waals surface area contributed by atoms with E-state index in [4.69, 9.17) is 16.2 Å². The second-order valence-corrected chi connectivity index (χ2v) is 16.7. The van der Waals surface area contributed by atoms with Crippen LogP contribution in [0, 0.1) is 51.8 Å². The van der Waals surface area contributed by atoms with Crippen molar-refractivity contribution in [2.24, 2.45) is 51.8 Å². The van der Waals surface area contributed by atoms with Gasteiger partial charge in [0.2, 0.25) is 0 Å². The van der Waals surface area contributed by atoms with Crippen molar-refractivity contribution in [3.8, 4) is 5.75 Å². The van der Waals surface area contributed by atoms with E-state index >= 15 is 0 Å². The van der Waals surface area contributed by atoms with Crippen molar-refractivity contribution >= 4 is 11.4 Å². The van der Waals surface area contributed by atoms with Crippen LogP contribution in [0.5, 0.6) is 5.75 Å². The van der Waals surface area contributed by atoms with Gasteiger partial charge in [-0.1, -0.05) is 71.8 Å². The molecule has 3 heteroatoms. The quantitative estimate of drug-likeness (QED) is 0.246. The third kappa shape index (κ3) is 7.81. The molecule has 0 spiro atoms. The molecule has 0 bridgehead atoms. The molecule has 0 amide bonds. The van der Waals surface area contributed by atoms with E-state index in [-0.39, 0.29) is 11.5 Å². The number of hydrogen-bond acceptors (Lipinski definition) is 3. The van der Waals surface area contributed by atoms with Crippen molar-refractivity contribution in [3.05, 3.63) is 41.5 Å². The van der Waals surface area contributed by atoms with Crippen molar-refractivity contribution in [2.45, 2.75) is 153 Å². The van der Waals surface area contributed by atoms with Gasteiger partial charge in [0.1, 0.15) is 11.9 Å². The summed E-state index contributed by atoms with van der Waals surface area (Å²) in [6, 6.07) is 5.70. The number of nitrogens with two attached hydrogens (primary N) is 2. The Morgan fingerprint density at radius 1 is 0.867 bits per heavy atom. The second kappa shape index (κ2) is 15.3. The van der Waals surface area contributed by atoms with Crippen LogP contribution in [-0.2, 0) is 0 Å². The van der Waals surface area contributed by atoms with E-state index in [0.717, 1.165) is 41.8 Å². The second-order valence-electron chi connectivity index (χ2n) is 16.7. The van der Waals surface area contributed by atoms with Gasteiger partial charge in [-0.3, -0.25) is 0 Å². The molecule has 256 valence electrons. The Balaban J connectivity index is 0.000000719. The lowest BCUT2D eigenvalue weighted by atomic mass is 9.41. The summed E-state index contributed by atoms with van der Waals surface area (Å²) in [7, 11) is 0. The van der Waals surface area contributed by atoms with Crippen LogP contribution in [0.25, 0.3) is 0 Å². The van der Waals surface area contributed by atoms with Gasteiger partial charge in [0, 0.05) is 11.1 Å². The number of fused-ring (bicyclic) bond motifs is 5. The summed E-state index contributed by atoms with van der Waals surface area (Å²) in [4.78, 5) is 0. The Bertz CT molecular complexity index is 1160. The molecule has 0 saturated heterocycles. The predicted octanol–water partition coefficient (Wildman–Crippen LogP) is 12.3. The smallest absolute Gasteiger partial charge is 0.142 e. The first-order valence-corrected chi connectivity index (χ1v) is 18.7. The highest BCUT2D eigenvalue weighted by atomic mass is 16.5. The van der Waals surface area contributed by atoms with Gasteiger partial charge in [-0.25, -0.2) is 0 Å². The molecule has 4 fully saturated rings. The van der Waals surface area contributed by atoms with Crippen LogP contribution in [0.2, 0.25) is 0 Å². The molecule has 0 heterocycles. The van der Waals surface area contributed by atoms with Gasteiger partial charge in [0.15, 0.2) is 0 Å². The normalized spacial score (nSPS) is 35.0. The minimum absolute atomic E-state index is 0.129. The first-order valence-electron chi connectivity index (χ1n) is 18.7. The summed E-state index contributed by atoms with van der Waals surface area (Å²) in [5, 5.41) is 0. The van der Waals surface area contributed by atoms with E-state index < -0.39 is 0 Å². The molecule has 0 aromatic heterocycles. The zero-order chi connectivity index (χ0) is 33.7. The highest BCUT2D eigenvalue weighted by Gasteiger charge is 2.63. The largest absolute Gasteiger partial charge is 0.488 e. The lowest BCUT2D eigenvalue weighted by molar-refractivity contribution is -0.174. The Morgan fingerprint density at radius 2 is 1.49 bits per heavy atom. The zero-order valence-corrected chi connectivity index (χ0v) is 31.6. The first-order chi connectivity index (χ1) is 21.1. The van der Waals surface area contributed by atoms with Gasteiger partial charge in [0.25, 0.3) is 0 Å². The summed E-state index contributed by atoms with van der Waals surface area (Å²) < 4.78 is 6.67. The standard InChI is InChI=1S/C35H56N2O.C5H10.C2H6/c1-22(2)9-8-10-23(3)26-13-14-27-25-12-16-31-33(4,5)32(38-30-15-11-24(36)21-29(30)37)18-20-35(31,7)28(25)17-19-34(26,27)6;1-4-5(2)3;1-2/h9,11,15,21,23,25-28,31-32H,8,10,12-14,16-20,36-37H2,1-7H3;4H,1-3H3;1-2H3. The molecule has 4 aliphatic carbocycles. The van der Waals surface area contributed by atoms with E-state index in [2.05, 4.69) is 74.5 Å². The van der Waals surface area contributed by atoms with Crippen LogP contribution in [0.15, 0.2) is 41.5 Å². The molecular weight excluding hydrogens is 548 g/mol. The highest BCUT2D eigenvalue weighted by Crippen LogP contribution is 2.70. The van der Waals surface area contributed by atoms with Gasteiger partial charge in [-0.2, -0.15) is 0 Å². The fourth-order valence-corrected chi connectivity index (χ4v) is 10.9. The fraction of sp³-hybridized carbons (Fsp3) is 0.762. The average molecular weight is 621 g/mol.